The van der Waals surface area contributed by atoms with Crippen molar-refractivity contribution in [2.45, 2.75) is 18.5 Å². The van der Waals surface area contributed by atoms with E-state index in [0.29, 0.717) is 11.3 Å². The number of hydrogen-bond donors (Lipinski definition) is 0. The van der Waals surface area contributed by atoms with Gasteiger partial charge in [0.2, 0.25) is 5.91 Å². The molecule has 2 aromatic rings. The van der Waals surface area contributed by atoms with E-state index in [9.17, 15) is 9.59 Å². The number of nitrogens with zero attached hydrogens (tertiary/aromatic N) is 4. The van der Waals surface area contributed by atoms with Crippen molar-refractivity contribution < 1.29 is 9.59 Å². The highest BCUT2D eigenvalue weighted by atomic mass is 16.2. The Morgan fingerprint density at radius 1 is 0.852 bits per heavy atom. The lowest BCUT2D eigenvalue weighted by Crippen LogP contribution is -2.44. The number of hydrazine groups is 1. The number of benzene rings is 2. The number of hydrogen-bond acceptors (Lipinski definition) is 5. The molecule has 0 N–H and O–H groups in total. The predicted molar refractivity (Wildman–Crippen MR) is 98.1 cm³/mol. The number of rotatable bonds is 2. The second kappa shape index (κ2) is 6.02. The lowest BCUT2D eigenvalue weighted by Gasteiger charge is -2.29. The molecule has 3 heterocycles. The number of amides is 2. The van der Waals surface area contributed by atoms with Crippen molar-refractivity contribution in [3.63, 3.8) is 0 Å². The van der Waals surface area contributed by atoms with E-state index in [1.54, 1.807) is 24.3 Å². The van der Waals surface area contributed by atoms with E-state index >= 15 is 0 Å². The van der Waals surface area contributed by atoms with Crippen LogP contribution in [0.5, 0.6) is 0 Å². The Kier molecular flexibility index (Phi) is 3.61. The van der Waals surface area contributed by atoms with Crippen molar-refractivity contribution in [2.75, 3.05) is 18.0 Å². The Hall–Kier alpha value is -3.01. The zero-order valence-corrected chi connectivity index (χ0v) is 14.7. The van der Waals surface area contributed by atoms with Crippen LogP contribution in [0.1, 0.15) is 23.6 Å². The number of fused-ring (bicyclic) bond motifs is 3. The van der Waals surface area contributed by atoms with Gasteiger partial charge in [-0.3, -0.25) is 9.59 Å². The zero-order chi connectivity index (χ0) is 18.5. The monoisotopic (exact) mass is 358 g/mol. The molecule has 6 nitrogen and oxygen atoms in total. The fraction of sp³-hybridized carbons (Fsp3) is 0.286. The SMILES string of the molecule is N#Cc1ccc([C@H]2[C@@H]3C(=O)N(c4ccccc4)C(=O)[C@H]3N3CCCN23)cc1. The van der Waals surface area contributed by atoms with Gasteiger partial charge in [0, 0.05) is 13.1 Å². The number of carbonyl (C=O) groups excluding carboxylic acids is 2. The van der Waals surface area contributed by atoms with Gasteiger partial charge in [-0.15, -0.1) is 0 Å². The Morgan fingerprint density at radius 2 is 1.52 bits per heavy atom. The first-order valence-electron chi connectivity index (χ1n) is 9.17. The molecule has 5 rings (SSSR count). The minimum atomic E-state index is -0.444. The first kappa shape index (κ1) is 16.2. The molecular formula is C21H18N4O2. The third kappa shape index (κ3) is 2.26. The molecule has 0 aliphatic carbocycles. The fourth-order valence-corrected chi connectivity index (χ4v) is 4.70. The van der Waals surface area contributed by atoms with Crippen LogP contribution in [0.3, 0.4) is 0 Å². The summed E-state index contributed by atoms with van der Waals surface area (Å²) in [5.74, 6) is -0.704. The van der Waals surface area contributed by atoms with Crippen LogP contribution in [-0.4, -0.2) is 41.0 Å². The zero-order valence-electron chi connectivity index (χ0n) is 14.7. The van der Waals surface area contributed by atoms with Crippen LogP contribution in [-0.2, 0) is 9.59 Å². The summed E-state index contributed by atoms with van der Waals surface area (Å²) in [4.78, 5) is 27.9. The third-order valence-corrected chi connectivity index (χ3v) is 5.80. The summed E-state index contributed by atoms with van der Waals surface area (Å²) in [5.41, 5.74) is 2.20. The molecule has 3 aliphatic heterocycles. The van der Waals surface area contributed by atoms with Gasteiger partial charge >= 0.3 is 0 Å². The maximum absolute atomic E-state index is 13.3. The molecule has 2 amide bonds. The van der Waals surface area contributed by atoms with Crippen LogP contribution in [0, 0.1) is 17.2 Å². The molecule has 3 aliphatic rings. The summed E-state index contributed by atoms with van der Waals surface area (Å²) in [6.07, 6.45) is 0.975. The van der Waals surface area contributed by atoms with Crippen molar-refractivity contribution >= 4 is 17.5 Å². The maximum Gasteiger partial charge on any atom is 0.253 e. The maximum atomic E-state index is 13.3. The van der Waals surface area contributed by atoms with Crippen LogP contribution in [0.4, 0.5) is 5.69 Å². The van der Waals surface area contributed by atoms with Crippen molar-refractivity contribution in [3.05, 3.63) is 65.7 Å². The van der Waals surface area contributed by atoms with E-state index in [0.717, 1.165) is 25.1 Å². The minimum absolute atomic E-state index is 0.139. The van der Waals surface area contributed by atoms with Crippen LogP contribution >= 0.6 is 0 Å². The molecule has 2 aromatic carbocycles. The average molecular weight is 358 g/mol. The Balaban J connectivity index is 1.58. The van der Waals surface area contributed by atoms with Crippen LogP contribution in [0.15, 0.2) is 54.6 Å². The van der Waals surface area contributed by atoms with E-state index in [4.69, 9.17) is 5.26 Å². The normalized spacial score (nSPS) is 27.7. The average Bonchev–Trinajstić information content (AvgIpc) is 3.35. The van der Waals surface area contributed by atoms with Gasteiger partial charge in [-0.25, -0.2) is 14.9 Å². The highest BCUT2D eigenvalue weighted by Gasteiger charge is 2.62. The van der Waals surface area contributed by atoms with E-state index in [1.807, 2.05) is 30.3 Å². The van der Waals surface area contributed by atoms with Gasteiger partial charge in [0.1, 0.15) is 6.04 Å². The van der Waals surface area contributed by atoms with Gasteiger partial charge in [0.05, 0.1) is 29.3 Å². The number of nitriles is 1. The molecule has 0 aromatic heterocycles. The number of anilines is 1. The largest absolute Gasteiger partial charge is 0.274 e. The van der Waals surface area contributed by atoms with Crippen LogP contribution < -0.4 is 4.90 Å². The topological polar surface area (TPSA) is 67.6 Å². The molecule has 0 radical (unpaired) electrons. The molecule has 6 heteroatoms. The van der Waals surface area contributed by atoms with Gasteiger partial charge < -0.3 is 0 Å². The smallest absolute Gasteiger partial charge is 0.253 e. The van der Waals surface area contributed by atoms with Crippen LogP contribution in [0.2, 0.25) is 0 Å². The van der Waals surface area contributed by atoms with Gasteiger partial charge in [0.15, 0.2) is 0 Å². The number of imide groups is 1. The Labute approximate surface area is 157 Å². The van der Waals surface area contributed by atoms with Gasteiger partial charge in [0.25, 0.3) is 5.91 Å². The third-order valence-electron chi connectivity index (χ3n) is 5.80. The quantitative estimate of drug-likeness (QED) is 0.769. The Bertz CT molecular complexity index is 950. The van der Waals surface area contributed by atoms with E-state index < -0.39 is 12.0 Å². The van der Waals surface area contributed by atoms with Crippen molar-refractivity contribution in [2.24, 2.45) is 5.92 Å². The fourth-order valence-electron chi connectivity index (χ4n) is 4.70. The lowest BCUT2D eigenvalue weighted by molar-refractivity contribution is -0.126. The molecule has 0 unspecified atom stereocenters. The summed E-state index contributed by atoms with van der Waals surface area (Å²) < 4.78 is 0. The predicted octanol–water partition coefficient (Wildman–Crippen LogP) is 2.09. The summed E-state index contributed by atoms with van der Waals surface area (Å²) >= 11 is 0. The molecular weight excluding hydrogens is 340 g/mol. The second-order valence-corrected chi connectivity index (χ2v) is 7.18. The standard InChI is InChI=1S/C21H18N4O2/c22-13-14-7-9-15(10-8-14)18-17-19(24-12-4-11-23(18)24)21(27)25(20(17)26)16-5-2-1-3-6-16/h1-3,5-10,17-19H,4,11-12H2/t17-,18-,19-/m0/s1. The van der Waals surface area contributed by atoms with Gasteiger partial charge in [-0.05, 0) is 36.2 Å². The second-order valence-electron chi connectivity index (χ2n) is 7.18. The van der Waals surface area contributed by atoms with Gasteiger partial charge in [-0.1, -0.05) is 30.3 Å². The lowest BCUT2D eigenvalue weighted by atomic mass is 9.89. The molecule has 0 saturated carbocycles. The van der Waals surface area contributed by atoms with Gasteiger partial charge in [-0.2, -0.15) is 5.26 Å². The number of carbonyl (C=O) groups is 2. The van der Waals surface area contributed by atoms with E-state index in [-0.39, 0.29) is 17.9 Å². The van der Waals surface area contributed by atoms with Crippen molar-refractivity contribution in [1.29, 1.82) is 5.26 Å². The number of para-hydroxylation sites is 1. The highest BCUT2D eigenvalue weighted by Crippen LogP contribution is 2.48. The van der Waals surface area contributed by atoms with Crippen molar-refractivity contribution in [3.8, 4) is 6.07 Å². The summed E-state index contributed by atoms with van der Waals surface area (Å²) in [7, 11) is 0. The van der Waals surface area contributed by atoms with E-state index in [1.165, 1.54) is 4.90 Å². The first-order chi connectivity index (χ1) is 13.2. The molecule has 3 saturated heterocycles. The van der Waals surface area contributed by atoms with E-state index in [2.05, 4.69) is 16.1 Å². The Morgan fingerprint density at radius 3 is 2.19 bits per heavy atom. The first-order valence-corrected chi connectivity index (χ1v) is 9.17. The molecule has 0 spiro atoms. The summed E-state index contributed by atoms with van der Waals surface area (Å²) in [6, 6.07) is 18.0. The molecule has 27 heavy (non-hydrogen) atoms. The molecule has 3 fully saturated rings. The molecule has 0 bridgehead atoms. The van der Waals surface area contributed by atoms with Crippen molar-refractivity contribution in [1.82, 2.24) is 10.0 Å². The minimum Gasteiger partial charge on any atom is -0.274 e. The molecule has 134 valence electrons. The van der Waals surface area contributed by atoms with Crippen LogP contribution in [0.25, 0.3) is 0 Å². The molecule has 3 atom stereocenters. The summed E-state index contributed by atoms with van der Waals surface area (Å²) in [5, 5.41) is 13.3. The highest BCUT2D eigenvalue weighted by molar-refractivity contribution is 6.24. The summed E-state index contributed by atoms with van der Waals surface area (Å²) in [6.45, 7) is 1.62.